The molecule has 2 aromatic carbocycles. The van der Waals surface area contributed by atoms with E-state index in [0.29, 0.717) is 0 Å². The highest BCUT2D eigenvalue weighted by Crippen LogP contribution is 2.39. The van der Waals surface area contributed by atoms with Gasteiger partial charge in [0, 0.05) is 49.7 Å². The van der Waals surface area contributed by atoms with E-state index in [0.717, 1.165) is 39.0 Å². The van der Waals surface area contributed by atoms with Crippen LogP contribution in [0.3, 0.4) is 0 Å². The molecule has 0 saturated heterocycles. The van der Waals surface area contributed by atoms with Gasteiger partial charge in [-0.1, -0.05) is 24.3 Å². The lowest BCUT2D eigenvalue weighted by atomic mass is 10.1. The molecule has 0 spiro atoms. The second-order valence-corrected chi connectivity index (χ2v) is 8.87. The highest BCUT2D eigenvalue weighted by molar-refractivity contribution is 7.25. The Morgan fingerprint density at radius 2 is 1.56 bits per heavy atom. The van der Waals surface area contributed by atoms with Crippen LogP contribution in [0.1, 0.15) is 0 Å². The van der Waals surface area contributed by atoms with Crippen molar-refractivity contribution in [3.05, 3.63) is 97.5 Å². The predicted molar refractivity (Wildman–Crippen MR) is 132 cm³/mol. The largest absolute Gasteiger partial charge is 0.292 e. The average Bonchev–Trinajstić information content (AvgIpc) is 3.38. The summed E-state index contributed by atoms with van der Waals surface area (Å²) in [5.74, 6) is 0.882. The third kappa shape index (κ3) is 2.52. The molecule has 0 N–H and O–H groups in total. The molecule has 0 fully saturated rings. The van der Waals surface area contributed by atoms with Gasteiger partial charge in [-0.2, -0.15) is 0 Å². The SMILES string of the molecule is c1cc(-c2ccncc2)nc(-n2c3cc4sc5ccccc5c4cc3c3ncccc32)c1. The minimum absolute atomic E-state index is 0.882. The van der Waals surface area contributed by atoms with E-state index >= 15 is 0 Å². The van der Waals surface area contributed by atoms with Crippen LogP contribution in [0.2, 0.25) is 0 Å². The van der Waals surface area contributed by atoms with Crippen LogP contribution in [0.25, 0.3) is 59.2 Å². The van der Waals surface area contributed by atoms with E-state index in [4.69, 9.17) is 9.97 Å². The number of nitrogens with zero attached hydrogens (tertiary/aromatic N) is 4. The molecule has 150 valence electrons. The summed E-state index contributed by atoms with van der Waals surface area (Å²) in [7, 11) is 0. The Kier molecular flexibility index (Phi) is 3.68. The summed E-state index contributed by atoms with van der Waals surface area (Å²) >= 11 is 1.83. The van der Waals surface area contributed by atoms with Crippen LogP contribution in [-0.4, -0.2) is 19.5 Å². The number of fused-ring (bicyclic) bond motifs is 6. The van der Waals surface area contributed by atoms with Gasteiger partial charge in [-0.25, -0.2) is 4.98 Å². The first kappa shape index (κ1) is 17.6. The van der Waals surface area contributed by atoms with E-state index in [1.165, 1.54) is 20.2 Å². The zero-order valence-electron chi connectivity index (χ0n) is 16.9. The Morgan fingerprint density at radius 1 is 0.656 bits per heavy atom. The molecular weight excluding hydrogens is 412 g/mol. The summed E-state index contributed by atoms with van der Waals surface area (Å²) in [5.41, 5.74) is 5.15. The highest BCUT2D eigenvalue weighted by atomic mass is 32.1. The average molecular weight is 429 g/mol. The Balaban J connectivity index is 1.57. The predicted octanol–water partition coefficient (Wildman–Crippen LogP) is 7.00. The molecular formula is C27H16N4S. The van der Waals surface area contributed by atoms with Crippen LogP contribution >= 0.6 is 11.3 Å². The van der Waals surface area contributed by atoms with Gasteiger partial charge in [-0.3, -0.25) is 14.5 Å². The maximum atomic E-state index is 5.02. The van der Waals surface area contributed by atoms with Crippen molar-refractivity contribution in [2.45, 2.75) is 0 Å². The van der Waals surface area contributed by atoms with E-state index < -0.39 is 0 Å². The van der Waals surface area contributed by atoms with Gasteiger partial charge >= 0.3 is 0 Å². The monoisotopic (exact) mass is 428 g/mol. The topological polar surface area (TPSA) is 43.6 Å². The van der Waals surface area contributed by atoms with Gasteiger partial charge in [0.15, 0.2) is 0 Å². The number of pyridine rings is 3. The first-order chi connectivity index (χ1) is 15.9. The van der Waals surface area contributed by atoms with Crippen molar-refractivity contribution in [1.82, 2.24) is 19.5 Å². The molecule has 7 aromatic rings. The highest BCUT2D eigenvalue weighted by Gasteiger charge is 2.17. The van der Waals surface area contributed by atoms with Crippen LogP contribution in [-0.2, 0) is 0 Å². The molecule has 7 rings (SSSR count). The van der Waals surface area contributed by atoms with Gasteiger partial charge in [-0.15, -0.1) is 11.3 Å². The van der Waals surface area contributed by atoms with Crippen molar-refractivity contribution in [2.24, 2.45) is 0 Å². The molecule has 0 unspecified atom stereocenters. The number of hydrogen-bond acceptors (Lipinski definition) is 4. The summed E-state index contributed by atoms with van der Waals surface area (Å²) in [6.07, 6.45) is 5.46. The third-order valence-corrected chi connectivity index (χ3v) is 7.09. The number of aromatic nitrogens is 4. The van der Waals surface area contributed by atoms with Gasteiger partial charge in [-0.05, 0) is 54.6 Å². The van der Waals surface area contributed by atoms with Crippen molar-refractivity contribution in [1.29, 1.82) is 0 Å². The van der Waals surface area contributed by atoms with E-state index in [-0.39, 0.29) is 0 Å². The molecule has 0 aliphatic carbocycles. The van der Waals surface area contributed by atoms with Crippen LogP contribution in [0, 0.1) is 0 Å². The fraction of sp³-hybridized carbons (Fsp3) is 0. The van der Waals surface area contributed by atoms with Crippen molar-refractivity contribution in [3.8, 4) is 17.1 Å². The van der Waals surface area contributed by atoms with Crippen LogP contribution in [0.5, 0.6) is 0 Å². The third-order valence-electron chi connectivity index (χ3n) is 5.96. The van der Waals surface area contributed by atoms with Crippen LogP contribution in [0.4, 0.5) is 0 Å². The second-order valence-electron chi connectivity index (χ2n) is 7.79. The first-order valence-corrected chi connectivity index (χ1v) is 11.3. The molecule has 32 heavy (non-hydrogen) atoms. The van der Waals surface area contributed by atoms with Crippen molar-refractivity contribution in [3.63, 3.8) is 0 Å². The minimum atomic E-state index is 0.882. The molecule has 5 heterocycles. The Labute approximate surface area is 187 Å². The van der Waals surface area contributed by atoms with E-state index in [1.54, 1.807) is 12.4 Å². The number of benzene rings is 2. The normalized spacial score (nSPS) is 11.8. The zero-order chi connectivity index (χ0) is 21.1. The molecule has 0 amide bonds. The molecule has 0 atom stereocenters. The van der Waals surface area contributed by atoms with Gasteiger partial charge in [0.25, 0.3) is 0 Å². The summed E-state index contributed by atoms with van der Waals surface area (Å²) in [6.45, 7) is 0. The summed E-state index contributed by atoms with van der Waals surface area (Å²) in [4.78, 5) is 13.9. The zero-order valence-corrected chi connectivity index (χ0v) is 17.8. The van der Waals surface area contributed by atoms with E-state index in [2.05, 4.69) is 64.1 Å². The lowest BCUT2D eigenvalue weighted by Gasteiger charge is -2.09. The van der Waals surface area contributed by atoms with Crippen LogP contribution in [0.15, 0.2) is 97.5 Å². The molecule has 0 radical (unpaired) electrons. The molecule has 5 heteroatoms. The number of hydrogen-bond donors (Lipinski definition) is 0. The second kappa shape index (κ2) is 6.70. The van der Waals surface area contributed by atoms with Crippen molar-refractivity contribution >= 4 is 53.4 Å². The Bertz CT molecular complexity index is 1780. The molecule has 0 aliphatic rings. The van der Waals surface area contributed by atoms with E-state index in [1.807, 2.05) is 41.8 Å². The summed E-state index contributed by atoms with van der Waals surface area (Å²) in [6, 6.07) is 27.4. The first-order valence-electron chi connectivity index (χ1n) is 10.4. The Hall–Kier alpha value is -4.09. The molecule has 4 nitrogen and oxygen atoms in total. The molecule has 0 saturated carbocycles. The maximum absolute atomic E-state index is 5.02. The maximum Gasteiger partial charge on any atom is 0.138 e. The summed E-state index contributed by atoms with van der Waals surface area (Å²) in [5, 5.41) is 3.72. The quantitative estimate of drug-likeness (QED) is 0.298. The number of rotatable bonds is 2. The van der Waals surface area contributed by atoms with E-state index in [9.17, 15) is 0 Å². The molecule has 0 bridgehead atoms. The lowest BCUT2D eigenvalue weighted by molar-refractivity contribution is 1.08. The van der Waals surface area contributed by atoms with Crippen molar-refractivity contribution < 1.29 is 0 Å². The standard InChI is InChI=1S/C27H16N4S/c1-2-8-24-18(5-1)19-15-20-23(16-25(19)32-24)31(22-7-4-12-29-27(20)22)26-9-3-6-21(30-26)17-10-13-28-14-11-17/h1-16H. The van der Waals surface area contributed by atoms with Crippen molar-refractivity contribution in [2.75, 3.05) is 0 Å². The fourth-order valence-corrected chi connectivity index (χ4v) is 5.65. The number of thiophene rings is 1. The lowest BCUT2D eigenvalue weighted by Crippen LogP contribution is -1.98. The summed E-state index contributed by atoms with van der Waals surface area (Å²) < 4.78 is 4.80. The van der Waals surface area contributed by atoms with Gasteiger partial charge in [0.2, 0.25) is 0 Å². The smallest absolute Gasteiger partial charge is 0.138 e. The van der Waals surface area contributed by atoms with Gasteiger partial charge in [0.05, 0.1) is 22.2 Å². The molecule has 0 aliphatic heterocycles. The molecule has 5 aromatic heterocycles. The fourth-order valence-electron chi connectivity index (χ4n) is 4.53. The Morgan fingerprint density at radius 3 is 2.50 bits per heavy atom. The van der Waals surface area contributed by atoms with Crippen LogP contribution < -0.4 is 0 Å². The van der Waals surface area contributed by atoms with Gasteiger partial charge < -0.3 is 0 Å². The van der Waals surface area contributed by atoms with Gasteiger partial charge in [0.1, 0.15) is 5.82 Å². The minimum Gasteiger partial charge on any atom is -0.292 e.